The van der Waals surface area contributed by atoms with Gasteiger partial charge in [0.05, 0.1) is 16.2 Å². The quantitative estimate of drug-likeness (QED) is 0.593. The molecule has 1 aromatic heterocycles. The van der Waals surface area contributed by atoms with Gasteiger partial charge in [0.15, 0.2) is 0 Å². The lowest BCUT2D eigenvalue weighted by atomic mass is 10.2. The second kappa shape index (κ2) is 3.90. The third-order valence-electron chi connectivity index (χ3n) is 1.93. The Morgan fingerprint density at radius 3 is 2.86 bits per heavy atom. The van der Waals surface area contributed by atoms with Gasteiger partial charge in [-0.05, 0) is 46.9 Å². The zero-order chi connectivity index (χ0) is 10.1. The van der Waals surface area contributed by atoms with E-state index in [0.29, 0.717) is 5.15 Å². The maximum atomic E-state index is 5.91. The first-order valence-electron chi connectivity index (χ1n) is 4.00. The van der Waals surface area contributed by atoms with Crippen molar-refractivity contribution < 1.29 is 4.74 Å². The van der Waals surface area contributed by atoms with Gasteiger partial charge < -0.3 is 4.74 Å². The maximum absolute atomic E-state index is 5.91. The topological polar surface area (TPSA) is 22.1 Å². The molecule has 0 saturated carbocycles. The van der Waals surface area contributed by atoms with Gasteiger partial charge in [0.1, 0.15) is 10.9 Å². The number of hydrogen-bond acceptors (Lipinski definition) is 2. The van der Waals surface area contributed by atoms with E-state index in [2.05, 4.69) is 27.6 Å². The zero-order valence-corrected chi connectivity index (χ0v) is 10.3. The van der Waals surface area contributed by atoms with Crippen molar-refractivity contribution in [2.75, 3.05) is 7.11 Å². The molecule has 0 N–H and O–H groups in total. The minimum atomic E-state index is 0.545. The molecule has 0 aliphatic rings. The Kier molecular flexibility index (Phi) is 2.78. The van der Waals surface area contributed by atoms with Gasteiger partial charge in [-0.2, -0.15) is 0 Å². The van der Waals surface area contributed by atoms with Crippen molar-refractivity contribution >= 4 is 45.1 Å². The first-order valence-corrected chi connectivity index (χ1v) is 5.46. The van der Waals surface area contributed by atoms with Gasteiger partial charge in [0.25, 0.3) is 0 Å². The van der Waals surface area contributed by atoms with E-state index in [9.17, 15) is 0 Å². The number of nitrogens with zero attached hydrogens (tertiary/aromatic N) is 1. The van der Waals surface area contributed by atoms with Crippen LogP contribution in [0.25, 0.3) is 10.9 Å². The fourth-order valence-corrected chi connectivity index (χ4v) is 1.83. The molecule has 0 aliphatic carbocycles. The van der Waals surface area contributed by atoms with E-state index >= 15 is 0 Å². The smallest absolute Gasteiger partial charge is 0.143 e. The Balaban J connectivity index is 2.70. The van der Waals surface area contributed by atoms with Gasteiger partial charge in [-0.25, -0.2) is 4.98 Å². The van der Waals surface area contributed by atoms with Crippen molar-refractivity contribution in [3.63, 3.8) is 0 Å². The van der Waals surface area contributed by atoms with Gasteiger partial charge >= 0.3 is 0 Å². The van der Waals surface area contributed by atoms with Crippen LogP contribution in [-0.4, -0.2) is 12.1 Å². The predicted molar refractivity (Wildman–Crippen MR) is 66.0 cm³/mol. The molecule has 0 saturated heterocycles. The summed E-state index contributed by atoms with van der Waals surface area (Å²) in [6.07, 6.45) is 0. The molecule has 72 valence electrons. The maximum Gasteiger partial charge on any atom is 0.143 e. The van der Waals surface area contributed by atoms with Crippen LogP contribution in [0.15, 0.2) is 24.3 Å². The summed E-state index contributed by atoms with van der Waals surface area (Å²) in [7, 11) is 1.65. The second-order valence-electron chi connectivity index (χ2n) is 2.82. The highest BCUT2D eigenvalue weighted by molar-refractivity contribution is 14.1. The lowest BCUT2D eigenvalue weighted by Crippen LogP contribution is -1.86. The van der Waals surface area contributed by atoms with Gasteiger partial charge in [-0.1, -0.05) is 11.6 Å². The van der Waals surface area contributed by atoms with Gasteiger partial charge in [-0.15, -0.1) is 0 Å². The average Bonchev–Trinajstić information content (AvgIpc) is 2.19. The Morgan fingerprint density at radius 2 is 2.14 bits per heavy atom. The molecule has 0 amide bonds. The first-order chi connectivity index (χ1) is 6.70. The number of benzene rings is 1. The Hall–Kier alpha value is -0.550. The van der Waals surface area contributed by atoms with E-state index in [1.807, 2.05) is 24.3 Å². The molecule has 14 heavy (non-hydrogen) atoms. The second-order valence-corrected chi connectivity index (χ2v) is 4.34. The number of hydrogen-bond donors (Lipinski definition) is 0. The van der Waals surface area contributed by atoms with E-state index in [1.165, 1.54) is 0 Å². The monoisotopic (exact) mass is 319 g/mol. The largest absolute Gasteiger partial charge is 0.497 e. The number of methoxy groups -OCH3 is 1. The Bertz CT molecular complexity index is 487. The minimum Gasteiger partial charge on any atom is -0.497 e. The first kappa shape index (κ1) is 9.98. The van der Waals surface area contributed by atoms with Crippen molar-refractivity contribution in [2.24, 2.45) is 0 Å². The van der Waals surface area contributed by atoms with Crippen molar-refractivity contribution in [1.29, 1.82) is 0 Å². The van der Waals surface area contributed by atoms with Crippen LogP contribution in [0.5, 0.6) is 5.75 Å². The van der Waals surface area contributed by atoms with Crippen LogP contribution >= 0.6 is 34.2 Å². The summed E-state index contributed by atoms with van der Waals surface area (Å²) >= 11 is 8.07. The fourth-order valence-electron chi connectivity index (χ4n) is 1.23. The summed E-state index contributed by atoms with van der Waals surface area (Å²) in [5.41, 5.74) is 0.885. The molecule has 0 aliphatic heterocycles. The minimum absolute atomic E-state index is 0.545. The molecule has 0 atom stereocenters. The highest BCUT2D eigenvalue weighted by Gasteiger charge is 2.02. The highest BCUT2D eigenvalue weighted by Crippen LogP contribution is 2.24. The van der Waals surface area contributed by atoms with Crippen LogP contribution in [-0.2, 0) is 0 Å². The van der Waals surface area contributed by atoms with Crippen LogP contribution in [0.1, 0.15) is 0 Å². The highest BCUT2D eigenvalue weighted by atomic mass is 127. The van der Waals surface area contributed by atoms with Gasteiger partial charge in [0, 0.05) is 5.39 Å². The van der Waals surface area contributed by atoms with Crippen molar-refractivity contribution in [2.45, 2.75) is 0 Å². The molecule has 0 radical (unpaired) electrons. The number of aromatic nitrogens is 1. The van der Waals surface area contributed by atoms with Crippen molar-refractivity contribution in [3.8, 4) is 5.75 Å². The molecule has 0 bridgehead atoms. The van der Waals surface area contributed by atoms with Crippen LogP contribution in [0.4, 0.5) is 0 Å². The average molecular weight is 320 g/mol. The van der Waals surface area contributed by atoms with Gasteiger partial charge in [0.2, 0.25) is 0 Å². The number of ether oxygens (including phenoxy) is 1. The third kappa shape index (κ3) is 1.79. The summed E-state index contributed by atoms with van der Waals surface area (Å²) in [5, 5.41) is 1.58. The number of halogens is 2. The van der Waals surface area contributed by atoms with E-state index in [4.69, 9.17) is 16.3 Å². The summed E-state index contributed by atoms with van der Waals surface area (Å²) in [5.74, 6) is 0.831. The van der Waals surface area contributed by atoms with Crippen molar-refractivity contribution in [1.82, 2.24) is 4.98 Å². The number of fused-ring (bicyclic) bond motifs is 1. The normalized spacial score (nSPS) is 10.5. The van der Waals surface area contributed by atoms with Crippen LogP contribution < -0.4 is 4.74 Å². The molecule has 1 heterocycles. The molecule has 2 aromatic rings. The third-order valence-corrected chi connectivity index (χ3v) is 3.36. The molecule has 0 unspecified atom stereocenters. The van der Waals surface area contributed by atoms with Crippen LogP contribution in [0.3, 0.4) is 0 Å². The SMILES string of the molecule is COc1ccc2nc(Cl)c(I)cc2c1. The fraction of sp³-hybridized carbons (Fsp3) is 0.100. The molecule has 2 nitrogen and oxygen atoms in total. The zero-order valence-electron chi connectivity index (χ0n) is 7.42. The van der Waals surface area contributed by atoms with E-state index in [-0.39, 0.29) is 0 Å². The summed E-state index contributed by atoms with van der Waals surface area (Å²) in [6, 6.07) is 7.71. The number of pyridine rings is 1. The molecular formula is C10H7ClINO. The Morgan fingerprint density at radius 1 is 1.36 bits per heavy atom. The van der Waals surface area contributed by atoms with Crippen molar-refractivity contribution in [3.05, 3.63) is 33.0 Å². The summed E-state index contributed by atoms with van der Waals surface area (Å²) < 4.78 is 6.08. The van der Waals surface area contributed by atoms with Gasteiger partial charge in [-0.3, -0.25) is 0 Å². The lowest BCUT2D eigenvalue weighted by Gasteiger charge is -2.03. The van der Waals surface area contributed by atoms with E-state index in [0.717, 1.165) is 20.2 Å². The predicted octanol–water partition coefficient (Wildman–Crippen LogP) is 3.50. The summed E-state index contributed by atoms with van der Waals surface area (Å²) in [4.78, 5) is 4.25. The molecule has 4 heteroatoms. The lowest BCUT2D eigenvalue weighted by molar-refractivity contribution is 0.415. The van der Waals surface area contributed by atoms with E-state index in [1.54, 1.807) is 7.11 Å². The van der Waals surface area contributed by atoms with E-state index < -0.39 is 0 Å². The molecule has 0 spiro atoms. The van der Waals surface area contributed by atoms with Crippen LogP contribution in [0, 0.1) is 3.57 Å². The van der Waals surface area contributed by atoms with Crippen LogP contribution in [0.2, 0.25) is 5.15 Å². The molecular weight excluding hydrogens is 312 g/mol. The molecule has 0 fully saturated rings. The summed E-state index contributed by atoms with van der Waals surface area (Å²) in [6.45, 7) is 0. The number of rotatable bonds is 1. The standard InChI is InChI=1S/C10H7ClINO/c1-14-7-2-3-9-6(4-7)5-8(12)10(11)13-9/h2-5H,1H3. The Labute approximate surface area is 100 Å². The molecule has 1 aromatic carbocycles. The molecule has 2 rings (SSSR count).